The zero-order chi connectivity index (χ0) is 66.7. The molecule has 0 saturated heterocycles. The van der Waals surface area contributed by atoms with Crippen LogP contribution < -0.4 is 0 Å². The van der Waals surface area contributed by atoms with Crippen LogP contribution in [-0.2, 0) is 21.7 Å². The van der Waals surface area contributed by atoms with Crippen LogP contribution in [0.1, 0.15) is 77.6 Å². The number of hydrogen-bond acceptors (Lipinski definition) is 8. The van der Waals surface area contributed by atoms with Crippen LogP contribution in [0.25, 0.3) is 157 Å². The lowest BCUT2D eigenvalue weighted by molar-refractivity contribution is 0.299. The quantitative estimate of drug-likeness (QED) is 0.148. The Hall–Kier alpha value is -11.7. The van der Waals surface area contributed by atoms with Crippen molar-refractivity contribution in [2.75, 3.05) is 0 Å². The van der Waals surface area contributed by atoms with Gasteiger partial charge in [-0.15, -0.1) is 0 Å². The Morgan fingerprint density at radius 2 is 0.469 bits per heavy atom. The molecule has 0 spiro atoms. The third-order valence-electron chi connectivity index (χ3n) is 21.8. The van der Waals surface area contributed by atoms with Crippen molar-refractivity contribution < 1.29 is 8.83 Å². The second-order valence-corrected chi connectivity index (χ2v) is 28.2. The van der Waals surface area contributed by atoms with Crippen LogP contribution in [0.4, 0.5) is 0 Å². The smallest absolute Gasteiger partial charge is 0.164 e. The normalized spacial score (nSPS) is 14.4. The lowest BCUT2D eigenvalue weighted by Gasteiger charge is -2.48. The van der Waals surface area contributed by atoms with E-state index in [0.29, 0.717) is 34.9 Å². The molecule has 0 saturated carbocycles. The number of aromatic nitrogens is 6. The third-order valence-corrected chi connectivity index (χ3v) is 21.8. The summed E-state index contributed by atoms with van der Waals surface area (Å²) in [6.07, 6.45) is 0. The molecule has 4 aromatic heterocycles. The van der Waals surface area contributed by atoms with Crippen LogP contribution in [0.15, 0.2) is 288 Å². The van der Waals surface area contributed by atoms with Gasteiger partial charge in [-0.1, -0.05) is 280 Å². The maximum absolute atomic E-state index is 6.34. The Bertz CT molecular complexity index is 5680. The topological polar surface area (TPSA) is 104 Å². The van der Waals surface area contributed by atoms with Gasteiger partial charge in [-0.2, -0.15) is 0 Å². The first-order chi connectivity index (χ1) is 47.6. The van der Waals surface area contributed by atoms with Gasteiger partial charge in [0, 0.05) is 54.9 Å². The average molecular weight is 1270 g/mol. The molecular formula is C90H70N6O2. The zero-order valence-corrected chi connectivity index (χ0v) is 56.1. The minimum atomic E-state index is -0.147. The molecule has 98 heavy (non-hydrogen) atoms. The summed E-state index contributed by atoms with van der Waals surface area (Å²) >= 11 is 0. The van der Waals surface area contributed by atoms with Gasteiger partial charge in [0.1, 0.15) is 22.3 Å². The molecule has 0 amide bonds. The molecule has 0 fully saturated rings. The molecule has 18 rings (SSSR count). The maximum Gasteiger partial charge on any atom is 0.164 e. The Balaban J connectivity index is 0.000000147. The number of rotatable bonds is 8. The fourth-order valence-corrected chi connectivity index (χ4v) is 14.8. The molecule has 2 aliphatic carbocycles. The second kappa shape index (κ2) is 23.0. The minimum absolute atomic E-state index is 0.127. The maximum atomic E-state index is 6.34. The summed E-state index contributed by atoms with van der Waals surface area (Å²) in [6.45, 7) is 19.0. The predicted octanol–water partition coefficient (Wildman–Crippen LogP) is 23.3. The standard InChI is InChI=1S/2C45H35N3O/c1-44(2)37-25-31(22-23-33(37)35-26-36-34-20-11-12-21-39(34)49-40(36)27-38(35)45(44,3)4)30-18-13-19-32(24-30)43-47-41(28-14-7-5-8-15-28)46-42(48-43)29-16-9-6-10-17-29;1-44(2)37-25-32(23-24-33(37)35-26-36-34-17-11-12-18-39(34)49-40(36)27-38(35)45(44,3)4)28-19-21-31(22-20-28)43-47-41(29-13-7-5-8-14-29)46-42(48-43)30-15-9-6-10-16-30/h2*5-27H,1-4H3. The van der Waals surface area contributed by atoms with Gasteiger partial charge in [-0.05, 0) is 143 Å². The fourth-order valence-electron chi connectivity index (χ4n) is 14.8. The van der Waals surface area contributed by atoms with E-state index in [4.69, 9.17) is 38.7 Å². The summed E-state index contributed by atoms with van der Waals surface area (Å²) in [5, 5.41) is 4.64. The van der Waals surface area contributed by atoms with Crippen LogP contribution in [0.2, 0.25) is 0 Å². The average Bonchev–Trinajstić information content (AvgIpc) is 1.10. The number of furan rings is 2. The number of para-hydroxylation sites is 2. The van der Waals surface area contributed by atoms with Gasteiger partial charge in [0.2, 0.25) is 0 Å². The van der Waals surface area contributed by atoms with Crippen molar-refractivity contribution in [1.29, 1.82) is 0 Å². The van der Waals surface area contributed by atoms with Gasteiger partial charge in [0.05, 0.1) is 0 Å². The van der Waals surface area contributed by atoms with Crippen molar-refractivity contribution >= 4 is 43.9 Å². The first-order valence-electron chi connectivity index (χ1n) is 33.7. The molecule has 0 atom stereocenters. The van der Waals surface area contributed by atoms with Crippen LogP contribution in [0.3, 0.4) is 0 Å². The highest BCUT2D eigenvalue weighted by atomic mass is 16.3. The number of benzene rings is 12. The predicted molar refractivity (Wildman–Crippen MR) is 401 cm³/mol. The number of nitrogens with zero attached hydrogens (tertiary/aromatic N) is 6. The Morgan fingerprint density at radius 1 is 0.194 bits per heavy atom. The van der Waals surface area contributed by atoms with E-state index in [1.807, 2.05) is 133 Å². The van der Waals surface area contributed by atoms with E-state index in [2.05, 4.69) is 201 Å². The van der Waals surface area contributed by atoms with Crippen molar-refractivity contribution in [2.24, 2.45) is 0 Å². The molecular weight excluding hydrogens is 1200 g/mol. The molecule has 0 aliphatic heterocycles. The monoisotopic (exact) mass is 1270 g/mol. The Morgan fingerprint density at radius 3 is 0.857 bits per heavy atom. The fraction of sp³-hybridized carbons (Fsp3) is 0.133. The summed E-state index contributed by atoms with van der Waals surface area (Å²) in [6, 6.07) is 97.5. The summed E-state index contributed by atoms with van der Waals surface area (Å²) < 4.78 is 12.7. The third kappa shape index (κ3) is 9.95. The SMILES string of the molecule is CC1(C)c2cc(-c3ccc(-c4nc(-c5ccccc5)nc(-c5ccccc5)n4)cc3)ccc2-c2cc3c(cc2C1(C)C)oc1ccccc13.CC1(C)c2cc(-c3cccc(-c4nc(-c5ccccc5)nc(-c5ccccc5)n4)c3)ccc2-c2cc3c(cc2C1(C)C)oc1ccccc13. The molecule has 4 heterocycles. The highest BCUT2D eigenvalue weighted by Gasteiger charge is 2.48. The molecule has 16 aromatic rings. The molecule has 8 heteroatoms. The Kier molecular flexibility index (Phi) is 14.1. The molecule has 0 N–H and O–H groups in total. The highest BCUT2D eigenvalue weighted by molar-refractivity contribution is 6.09. The second-order valence-electron chi connectivity index (χ2n) is 28.2. The highest BCUT2D eigenvalue weighted by Crippen LogP contribution is 2.58. The van der Waals surface area contributed by atoms with Crippen molar-refractivity contribution in [1.82, 2.24) is 29.9 Å². The lowest BCUT2D eigenvalue weighted by atomic mass is 9.55. The van der Waals surface area contributed by atoms with Gasteiger partial charge in [-0.3, -0.25) is 0 Å². The van der Waals surface area contributed by atoms with Gasteiger partial charge >= 0.3 is 0 Å². The van der Waals surface area contributed by atoms with Gasteiger partial charge < -0.3 is 8.83 Å². The Labute approximate surface area is 570 Å². The van der Waals surface area contributed by atoms with E-state index in [0.717, 1.165) is 83.0 Å². The molecule has 8 nitrogen and oxygen atoms in total. The van der Waals surface area contributed by atoms with E-state index in [1.54, 1.807) is 0 Å². The van der Waals surface area contributed by atoms with Crippen molar-refractivity contribution in [3.63, 3.8) is 0 Å². The van der Waals surface area contributed by atoms with Crippen molar-refractivity contribution in [2.45, 2.75) is 77.0 Å². The van der Waals surface area contributed by atoms with Crippen LogP contribution in [0, 0.1) is 0 Å². The summed E-state index contributed by atoms with van der Waals surface area (Å²) in [7, 11) is 0. The molecule has 472 valence electrons. The van der Waals surface area contributed by atoms with E-state index in [1.165, 1.54) is 61.0 Å². The van der Waals surface area contributed by atoms with Crippen LogP contribution in [0.5, 0.6) is 0 Å². The molecule has 12 aromatic carbocycles. The van der Waals surface area contributed by atoms with Crippen LogP contribution >= 0.6 is 0 Å². The molecule has 2 aliphatic rings. The van der Waals surface area contributed by atoms with Crippen molar-refractivity contribution in [3.8, 4) is 113 Å². The van der Waals surface area contributed by atoms with Crippen molar-refractivity contribution in [3.05, 3.63) is 301 Å². The van der Waals surface area contributed by atoms with E-state index in [9.17, 15) is 0 Å². The van der Waals surface area contributed by atoms with Gasteiger partial charge in [-0.25, -0.2) is 29.9 Å². The van der Waals surface area contributed by atoms with E-state index < -0.39 is 0 Å². The number of hydrogen-bond donors (Lipinski definition) is 0. The number of fused-ring (bicyclic) bond motifs is 12. The van der Waals surface area contributed by atoms with Gasteiger partial charge in [0.25, 0.3) is 0 Å². The molecule has 0 unspecified atom stereocenters. The molecule has 0 radical (unpaired) electrons. The lowest BCUT2D eigenvalue weighted by Crippen LogP contribution is -2.43. The first kappa shape index (κ1) is 60.0. The first-order valence-corrected chi connectivity index (χ1v) is 33.7. The van der Waals surface area contributed by atoms with E-state index >= 15 is 0 Å². The van der Waals surface area contributed by atoms with Gasteiger partial charge in [0.15, 0.2) is 34.9 Å². The zero-order valence-electron chi connectivity index (χ0n) is 56.1. The minimum Gasteiger partial charge on any atom is -0.456 e. The largest absolute Gasteiger partial charge is 0.456 e. The van der Waals surface area contributed by atoms with Crippen LogP contribution in [-0.4, -0.2) is 29.9 Å². The summed E-state index contributed by atoms with van der Waals surface area (Å²) in [5.41, 5.74) is 24.1. The van der Waals surface area contributed by atoms with E-state index in [-0.39, 0.29) is 21.7 Å². The summed E-state index contributed by atoms with van der Waals surface area (Å²) in [4.78, 5) is 29.5. The summed E-state index contributed by atoms with van der Waals surface area (Å²) in [5.74, 6) is 3.95. The molecule has 0 bridgehead atoms.